The molecule has 19 heavy (non-hydrogen) atoms. The molecule has 102 valence electrons. The first kappa shape index (κ1) is 15.3. The van der Waals surface area contributed by atoms with Crippen molar-refractivity contribution >= 4 is 5.91 Å². The number of nitrogens with two attached hydrogens (primary N) is 1. The van der Waals surface area contributed by atoms with E-state index in [9.17, 15) is 4.79 Å². The first-order chi connectivity index (χ1) is 8.83. The fourth-order valence-corrected chi connectivity index (χ4v) is 1.55. The fourth-order valence-electron chi connectivity index (χ4n) is 1.55. The van der Waals surface area contributed by atoms with Crippen LogP contribution in [0.5, 0.6) is 0 Å². The van der Waals surface area contributed by atoms with Crippen LogP contribution in [0, 0.1) is 24.2 Å². The summed E-state index contributed by atoms with van der Waals surface area (Å²) in [6, 6.07) is 5.64. The third-order valence-electron chi connectivity index (χ3n) is 2.52. The highest BCUT2D eigenvalue weighted by molar-refractivity contribution is 5.96. The van der Waals surface area contributed by atoms with Crippen LogP contribution in [0.1, 0.15) is 42.3 Å². The summed E-state index contributed by atoms with van der Waals surface area (Å²) >= 11 is 0. The van der Waals surface area contributed by atoms with Gasteiger partial charge in [0, 0.05) is 12.1 Å². The molecule has 3 N–H and O–H groups in total. The smallest absolute Gasteiger partial charge is 0.252 e. The Kier molecular flexibility index (Phi) is 5.14. The van der Waals surface area contributed by atoms with Gasteiger partial charge in [-0.3, -0.25) is 4.79 Å². The molecule has 0 spiro atoms. The topological polar surface area (TPSA) is 55.1 Å². The van der Waals surface area contributed by atoms with E-state index in [-0.39, 0.29) is 17.9 Å². The molecule has 0 saturated heterocycles. The van der Waals surface area contributed by atoms with Gasteiger partial charge in [0.1, 0.15) is 0 Å². The molecule has 0 atom stereocenters. The standard InChI is InChI=1S/C16H22N2O/c1-12-7-8-14(13(10-12)6-5-9-17)15(19)18-11-16(2,3)4/h7-8,10H,9,11,17H2,1-4H3,(H,18,19). The molecule has 3 heteroatoms. The third kappa shape index (κ3) is 5.15. The molecule has 0 heterocycles. The van der Waals surface area contributed by atoms with Crippen molar-refractivity contribution in [2.75, 3.05) is 13.1 Å². The summed E-state index contributed by atoms with van der Waals surface area (Å²) in [7, 11) is 0. The summed E-state index contributed by atoms with van der Waals surface area (Å²) in [5, 5.41) is 2.94. The average Bonchev–Trinajstić information content (AvgIpc) is 2.32. The van der Waals surface area contributed by atoms with Crippen LogP contribution in [0.15, 0.2) is 18.2 Å². The van der Waals surface area contributed by atoms with Crippen molar-refractivity contribution in [1.82, 2.24) is 5.32 Å². The Bertz CT molecular complexity index is 516. The minimum Gasteiger partial charge on any atom is -0.351 e. The fraction of sp³-hybridized carbons (Fsp3) is 0.438. The minimum atomic E-state index is -0.0868. The summed E-state index contributed by atoms with van der Waals surface area (Å²) < 4.78 is 0. The van der Waals surface area contributed by atoms with Crippen molar-refractivity contribution in [2.45, 2.75) is 27.7 Å². The van der Waals surface area contributed by atoms with E-state index in [1.54, 1.807) is 0 Å². The lowest BCUT2D eigenvalue weighted by molar-refractivity contribution is 0.0939. The number of carbonyl (C=O) groups excluding carboxylic acids is 1. The number of aryl methyl sites for hydroxylation is 1. The Labute approximate surface area is 115 Å². The Balaban J connectivity index is 2.96. The van der Waals surface area contributed by atoms with Crippen LogP contribution in [0.3, 0.4) is 0 Å². The molecule has 0 bridgehead atoms. The van der Waals surface area contributed by atoms with Crippen molar-refractivity contribution in [3.8, 4) is 11.8 Å². The number of carbonyl (C=O) groups is 1. The number of hydrogen-bond donors (Lipinski definition) is 2. The molecule has 0 aliphatic rings. The summed E-state index contributed by atoms with van der Waals surface area (Å²) in [5.41, 5.74) is 7.86. The van der Waals surface area contributed by atoms with Crippen molar-refractivity contribution in [3.05, 3.63) is 34.9 Å². The Morgan fingerprint density at radius 1 is 1.37 bits per heavy atom. The van der Waals surface area contributed by atoms with Crippen LogP contribution in [-0.2, 0) is 0 Å². The molecule has 1 aromatic rings. The van der Waals surface area contributed by atoms with E-state index in [4.69, 9.17) is 5.73 Å². The average molecular weight is 258 g/mol. The molecule has 0 saturated carbocycles. The van der Waals surface area contributed by atoms with Gasteiger partial charge in [-0.05, 0) is 30.0 Å². The van der Waals surface area contributed by atoms with Gasteiger partial charge in [-0.2, -0.15) is 0 Å². The first-order valence-electron chi connectivity index (χ1n) is 6.41. The highest BCUT2D eigenvalue weighted by Gasteiger charge is 2.15. The van der Waals surface area contributed by atoms with Crippen molar-refractivity contribution in [2.24, 2.45) is 11.1 Å². The van der Waals surface area contributed by atoms with Gasteiger partial charge in [0.15, 0.2) is 0 Å². The number of nitrogens with one attached hydrogen (secondary N) is 1. The quantitative estimate of drug-likeness (QED) is 0.798. The van der Waals surface area contributed by atoms with E-state index in [2.05, 4.69) is 37.9 Å². The summed E-state index contributed by atoms with van der Waals surface area (Å²) in [4.78, 5) is 12.2. The Morgan fingerprint density at radius 3 is 2.63 bits per heavy atom. The van der Waals surface area contributed by atoms with Crippen molar-refractivity contribution in [1.29, 1.82) is 0 Å². The number of hydrogen-bond acceptors (Lipinski definition) is 2. The lowest BCUT2D eigenvalue weighted by atomic mass is 9.96. The Morgan fingerprint density at radius 2 is 2.05 bits per heavy atom. The molecule has 0 radical (unpaired) electrons. The van der Waals surface area contributed by atoms with Gasteiger partial charge in [0.05, 0.1) is 12.1 Å². The highest BCUT2D eigenvalue weighted by atomic mass is 16.1. The third-order valence-corrected chi connectivity index (χ3v) is 2.52. The summed E-state index contributed by atoms with van der Waals surface area (Å²) in [5.74, 6) is 5.67. The van der Waals surface area contributed by atoms with E-state index < -0.39 is 0 Å². The highest BCUT2D eigenvalue weighted by Crippen LogP contribution is 2.13. The maximum Gasteiger partial charge on any atom is 0.252 e. The molecular weight excluding hydrogens is 236 g/mol. The lowest BCUT2D eigenvalue weighted by Gasteiger charge is -2.19. The minimum absolute atomic E-state index is 0.0590. The molecule has 0 unspecified atom stereocenters. The normalized spacial score (nSPS) is 10.6. The maximum atomic E-state index is 12.2. The lowest BCUT2D eigenvalue weighted by Crippen LogP contribution is -2.32. The van der Waals surface area contributed by atoms with Crippen LogP contribution >= 0.6 is 0 Å². The largest absolute Gasteiger partial charge is 0.351 e. The molecular formula is C16H22N2O. The molecule has 0 fully saturated rings. The Hall–Kier alpha value is -1.79. The predicted molar refractivity (Wildman–Crippen MR) is 78.9 cm³/mol. The second-order valence-corrected chi connectivity index (χ2v) is 5.80. The van der Waals surface area contributed by atoms with Crippen LogP contribution < -0.4 is 11.1 Å². The zero-order valence-electron chi connectivity index (χ0n) is 12.1. The van der Waals surface area contributed by atoms with Gasteiger partial charge in [-0.15, -0.1) is 0 Å². The number of rotatable bonds is 2. The van der Waals surface area contributed by atoms with Crippen LogP contribution in [0.25, 0.3) is 0 Å². The second kappa shape index (κ2) is 6.40. The molecule has 1 amide bonds. The zero-order valence-corrected chi connectivity index (χ0v) is 12.1. The van der Waals surface area contributed by atoms with E-state index in [1.165, 1.54) is 0 Å². The van der Waals surface area contributed by atoms with E-state index in [1.807, 2.05) is 25.1 Å². The molecule has 1 aromatic carbocycles. The predicted octanol–water partition coefficient (Wildman–Crippen LogP) is 2.08. The van der Waals surface area contributed by atoms with E-state index in [0.717, 1.165) is 11.1 Å². The SMILES string of the molecule is Cc1ccc(C(=O)NCC(C)(C)C)c(C#CCN)c1. The van der Waals surface area contributed by atoms with Crippen LogP contribution in [0.2, 0.25) is 0 Å². The summed E-state index contributed by atoms with van der Waals surface area (Å²) in [6.07, 6.45) is 0. The maximum absolute atomic E-state index is 12.2. The van der Waals surface area contributed by atoms with Gasteiger partial charge in [0.25, 0.3) is 5.91 Å². The second-order valence-electron chi connectivity index (χ2n) is 5.80. The van der Waals surface area contributed by atoms with Gasteiger partial charge in [-0.25, -0.2) is 0 Å². The monoisotopic (exact) mass is 258 g/mol. The van der Waals surface area contributed by atoms with Crippen LogP contribution in [-0.4, -0.2) is 19.0 Å². The number of amides is 1. The van der Waals surface area contributed by atoms with E-state index in [0.29, 0.717) is 12.1 Å². The number of benzene rings is 1. The van der Waals surface area contributed by atoms with Crippen molar-refractivity contribution < 1.29 is 4.79 Å². The van der Waals surface area contributed by atoms with Gasteiger partial charge >= 0.3 is 0 Å². The van der Waals surface area contributed by atoms with Gasteiger partial charge in [0.2, 0.25) is 0 Å². The summed E-state index contributed by atoms with van der Waals surface area (Å²) in [6.45, 7) is 9.14. The molecule has 0 aliphatic carbocycles. The zero-order chi connectivity index (χ0) is 14.5. The van der Waals surface area contributed by atoms with Gasteiger partial charge < -0.3 is 11.1 Å². The first-order valence-corrected chi connectivity index (χ1v) is 6.41. The van der Waals surface area contributed by atoms with Crippen molar-refractivity contribution in [3.63, 3.8) is 0 Å². The van der Waals surface area contributed by atoms with E-state index >= 15 is 0 Å². The molecule has 0 aromatic heterocycles. The van der Waals surface area contributed by atoms with Crippen LogP contribution in [0.4, 0.5) is 0 Å². The molecule has 1 rings (SSSR count). The molecule has 0 aliphatic heterocycles. The van der Waals surface area contributed by atoms with Gasteiger partial charge in [-0.1, -0.05) is 38.7 Å². The molecule has 3 nitrogen and oxygen atoms in total.